The van der Waals surface area contributed by atoms with E-state index in [9.17, 15) is 0 Å². The van der Waals surface area contributed by atoms with Crippen LogP contribution in [0.15, 0.2) is 364 Å². The predicted octanol–water partition coefficient (Wildman–Crippen LogP) is 8.05. The van der Waals surface area contributed by atoms with Crippen molar-refractivity contribution in [3.63, 3.8) is 0 Å². The molecular formula is C72H60Sn6. The van der Waals surface area contributed by atoms with E-state index < -0.39 is 62.9 Å². The van der Waals surface area contributed by atoms with Crippen LogP contribution in [0.2, 0.25) is 0 Å². The summed E-state index contributed by atoms with van der Waals surface area (Å²) in [5, 5.41) is 0. The van der Waals surface area contributed by atoms with Crippen LogP contribution in [-0.4, -0.2) is 62.9 Å². The summed E-state index contributed by atoms with van der Waals surface area (Å²) in [5.74, 6) is 0. The van der Waals surface area contributed by atoms with Crippen LogP contribution in [0.4, 0.5) is 0 Å². The fourth-order valence-electron chi connectivity index (χ4n) is 16.1. The third-order valence-corrected chi connectivity index (χ3v) is 1470. The molecular weight excluding hydrogens is 1580 g/mol. The summed E-state index contributed by atoms with van der Waals surface area (Å²) >= 11 is 0. The van der Waals surface area contributed by atoms with Gasteiger partial charge in [-0.1, -0.05) is 0 Å². The van der Waals surface area contributed by atoms with Gasteiger partial charge in [0.2, 0.25) is 0 Å². The van der Waals surface area contributed by atoms with Gasteiger partial charge in [0, 0.05) is 0 Å². The molecule has 0 unspecified atom stereocenters. The Balaban J connectivity index is 1.59. The first-order valence-electron chi connectivity index (χ1n) is 27.4. The molecule has 372 valence electrons. The van der Waals surface area contributed by atoms with E-state index in [0.717, 1.165) is 0 Å². The standard InChI is InChI=1S/12C6H5.6Sn/c12*1-2-4-6-5-3-1;;;;;;/h12*1-5H;;;;;;. The van der Waals surface area contributed by atoms with Crippen molar-refractivity contribution in [3.8, 4) is 0 Å². The molecule has 13 rings (SSSR count). The molecule has 78 heavy (non-hydrogen) atoms. The second-order valence-corrected chi connectivity index (χ2v) is 403. The molecule has 1 aliphatic rings. The molecule has 0 amide bonds. The van der Waals surface area contributed by atoms with Crippen LogP contribution in [0.1, 0.15) is 0 Å². The summed E-state index contributed by atoms with van der Waals surface area (Å²) in [4.78, 5) is 0. The fourth-order valence-corrected chi connectivity index (χ4v) is 5090. The Morgan fingerprint density at radius 2 is 0.154 bits per heavy atom. The van der Waals surface area contributed by atoms with E-state index in [2.05, 4.69) is 364 Å². The number of rotatable bonds is 12. The summed E-state index contributed by atoms with van der Waals surface area (Å²) in [6, 6.07) is 153. The molecule has 12 aromatic rings. The Morgan fingerprint density at radius 3 is 0.218 bits per heavy atom. The predicted molar refractivity (Wildman–Crippen MR) is 347 cm³/mol. The zero-order valence-electron chi connectivity index (χ0n) is 43.6. The van der Waals surface area contributed by atoms with Crippen LogP contribution in [0.5, 0.6) is 0 Å². The van der Waals surface area contributed by atoms with Gasteiger partial charge in [0.05, 0.1) is 0 Å². The second-order valence-electron chi connectivity index (χ2n) is 20.9. The van der Waals surface area contributed by atoms with E-state index in [0.29, 0.717) is 0 Å². The Bertz CT molecular complexity index is 2930. The zero-order valence-corrected chi connectivity index (χ0v) is 60.8. The normalized spacial score (nSPS) is 16.3. The minimum absolute atomic E-state index is 1.71. The second kappa shape index (κ2) is 22.8. The van der Waals surface area contributed by atoms with E-state index in [-0.39, 0.29) is 0 Å². The van der Waals surface area contributed by atoms with Gasteiger partial charge in [-0.2, -0.15) is 0 Å². The first-order valence-corrected chi connectivity index (χ1v) is 111. The zero-order chi connectivity index (χ0) is 52.4. The number of benzene rings is 12. The average Bonchev–Trinajstić information content (AvgIpc) is 1.18. The first kappa shape index (κ1) is 52.8. The molecule has 0 aromatic heterocycles. The van der Waals surface area contributed by atoms with Gasteiger partial charge in [0.1, 0.15) is 0 Å². The molecule has 0 bridgehead atoms. The topological polar surface area (TPSA) is 0 Å². The van der Waals surface area contributed by atoms with Crippen LogP contribution in [0, 0.1) is 0 Å². The molecule has 0 spiro atoms. The van der Waals surface area contributed by atoms with Gasteiger partial charge in [-0.3, -0.25) is 0 Å². The first-order chi connectivity index (χ1) is 38.8. The van der Waals surface area contributed by atoms with E-state index in [1.165, 1.54) is 0 Å². The maximum absolute atomic E-state index is 5.25. The Kier molecular flexibility index (Phi) is 15.4. The van der Waals surface area contributed by atoms with Crippen molar-refractivity contribution in [3.05, 3.63) is 364 Å². The fraction of sp³-hybridized carbons (Fsp3) is 0. The van der Waals surface area contributed by atoms with Crippen molar-refractivity contribution in [2.24, 2.45) is 0 Å². The summed E-state index contributed by atoms with van der Waals surface area (Å²) in [6.45, 7) is 0. The molecule has 0 atom stereocenters. The molecule has 0 N–H and O–H groups in total. The molecule has 0 nitrogen and oxygen atoms in total. The van der Waals surface area contributed by atoms with Crippen molar-refractivity contribution in [1.82, 2.24) is 0 Å². The third-order valence-electron chi connectivity index (χ3n) is 17.9. The van der Waals surface area contributed by atoms with E-state index in [4.69, 9.17) is 0 Å². The van der Waals surface area contributed by atoms with Crippen LogP contribution >= 0.6 is 0 Å². The van der Waals surface area contributed by atoms with E-state index in [1.54, 1.807) is 43.0 Å². The average molecular weight is 1640 g/mol. The van der Waals surface area contributed by atoms with Crippen LogP contribution < -0.4 is 43.0 Å². The van der Waals surface area contributed by atoms with E-state index >= 15 is 0 Å². The van der Waals surface area contributed by atoms with Gasteiger partial charge >= 0.3 is 470 Å². The maximum atomic E-state index is 2.75. The molecule has 1 heterocycles. The van der Waals surface area contributed by atoms with Crippen molar-refractivity contribution in [1.29, 1.82) is 0 Å². The summed E-state index contributed by atoms with van der Waals surface area (Å²) in [5.41, 5.74) is 0. The molecule has 6 heteroatoms. The Hall–Kier alpha value is -4.57. The summed E-state index contributed by atoms with van der Waals surface area (Å²) < 4.78 is 20.6. The van der Waals surface area contributed by atoms with Crippen LogP contribution in [-0.2, 0) is 0 Å². The Labute approximate surface area is 462 Å². The number of hydrogen-bond acceptors (Lipinski definition) is 0. The van der Waals surface area contributed by atoms with Crippen LogP contribution in [0.25, 0.3) is 0 Å². The van der Waals surface area contributed by atoms with Crippen molar-refractivity contribution < 1.29 is 0 Å². The molecule has 12 aromatic carbocycles. The molecule has 1 saturated heterocycles. The van der Waals surface area contributed by atoms with Gasteiger partial charge in [-0.15, -0.1) is 0 Å². The SMILES string of the molecule is c1cc[c]([Sn]2([c]3ccccc3)[Sn]([c]3ccccc3)([c]3ccccc3)[Sn]([c]3ccccc3)([c]3ccccc3)[Sn]([c]3ccccc3)([c]3ccccc3)[Sn]([c]3ccccc3)([c]3ccccc3)[Sn]2([c]2ccccc2)[c]2ccccc2)cc1. The van der Waals surface area contributed by atoms with Gasteiger partial charge < -0.3 is 0 Å². The van der Waals surface area contributed by atoms with Crippen molar-refractivity contribution in [2.45, 2.75) is 0 Å². The van der Waals surface area contributed by atoms with Gasteiger partial charge in [-0.05, 0) is 0 Å². The third kappa shape index (κ3) is 7.50. The molecule has 1 aliphatic heterocycles. The van der Waals surface area contributed by atoms with Crippen molar-refractivity contribution >= 4 is 106 Å². The molecule has 1 fully saturated rings. The van der Waals surface area contributed by atoms with Gasteiger partial charge in [0.25, 0.3) is 0 Å². The molecule has 0 aliphatic carbocycles. The monoisotopic (exact) mass is 1640 g/mol. The quantitative estimate of drug-likeness (QED) is 0.109. The summed E-state index contributed by atoms with van der Waals surface area (Å²) in [7, 11) is -31.5. The Morgan fingerprint density at radius 1 is 0.0897 bits per heavy atom. The van der Waals surface area contributed by atoms with Gasteiger partial charge in [0.15, 0.2) is 0 Å². The summed E-state index contributed by atoms with van der Waals surface area (Å²) in [6.07, 6.45) is 0. The van der Waals surface area contributed by atoms with Crippen molar-refractivity contribution in [2.75, 3.05) is 0 Å². The molecule has 0 saturated carbocycles. The minimum atomic E-state index is -5.25. The molecule has 0 radical (unpaired) electrons. The number of hydrogen-bond donors (Lipinski definition) is 0. The van der Waals surface area contributed by atoms with Crippen LogP contribution in [0.3, 0.4) is 0 Å². The van der Waals surface area contributed by atoms with Gasteiger partial charge in [-0.25, -0.2) is 0 Å². The van der Waals surface area contributed by atoms with E-state index in [1.807, 2.05) is 0 Å².